The van der Waals surface area contributed by atoms with Crippen LogP contribution < -0.4 is 4.74 Å². The fourth-order valence-corrected chi connectivity index (χ4v) is 4.17. The first kappa shape index (κ1) is 21.5. The lowest BCUT2D eigenvalue weighted by atomic mass is 9.98. The van der Waals surface area contributed by atoms with Crippen molar-refractivity contribution in [1.82, 2.24) is 14.8 Å². The molecule has 1 atom stereocenters. The van der Waals surface area contributed by atoms with Crippen molar-refractivity contribution < 1.29 is 13.9 Å². The van der Waals surface area contributed by atoms with Crippen molar-refractivity contribution in [3.63, 3.8) is 0 Å². The number of hydrogen-bond donors (Lipinski definition) is 0. The van der Waals surface area contributed by atoms with E-state index in [1.165, 1.54) is 12.1 Å². The Kier molecular flexibility index (Phi) is 6.63. The van der Waals surface area contributed by atoms with Crippen LogP contribution in [0.1, 0.15) is 30.5 Å². The lowest BCUT2D eigenvalue weighted by Gasteiger charge is -2.34. The van der Waals surface area contributed by atoms with Gasteiger partial charge in [-0.15, -0.1) is 0 Å². The molecular formula is C24H29FN4O2. The summed E-state index contributed by atoms with van der Waals surface area (Å²) in [5.41, 5.74) is 2.69. The molecule has 2 heterocycles. The van der Waals surface area contributed by atoms with Gasteiger partial charge in [-0.25, -0.2) is 9.40 Å². The third kappa shape index (κ3) is 4.94. The summed E-state index contributed by atoms with van der Waals surface area (Å²) in [6, 6.07) is 13.8. The van der Waals surface area contributed by atoms with Gasteiger partial charge >= 0.3 is 0 Å². The number of hydrazone groups is 1. The highest BCUT2D eigenvalue weighted by atomic mass is 19.1. The Morgan fingerprint density at radius 2 is 1.68 bits per heavy atom. The zero-order valence-electron chi connectivity index (χ0n) is 18.1. The molecule has 1 amide bonds. The predicted molar refractivity (Wildman–Crippen MR) is 119 cm³/mol. The van der Waals surface area contributed by atoms with E-state index in [1.807, 2.05) is 24.3 Å². The number of carbonyl (C=O) groups is 1. The number of benzene rings is 2. The third-order valence-electron chi connectivity index (χ3n) is 6.11. The summed E-state index contributed by atoms with van der Waals surface area (Å²) >= 11 is 0. The van der Waals surface area contributed by atoms with Gasteiger partial charge in [0, 0.05) is 32.6 Å². The summed E-state index contributed by atoms with van der Waals surface area (Å²) in [5.74, 6) is 0.462. The van der Waals surface area contributed by atoms with E-state index in [2.05, 4.69) is 16.7 Å². The molecular weight excluding hydrogens is 395 g/mol. The molecule has 0 bridgehead atoms. The predicted octanol–water partition coefficient (Wildman–Crippen LogP) is 3.15. The standard InChI is InChI=1S/C24H29FN4O2/c1-3-27-12-14-28(15-13-27)17-24(30)29-23(19-4-8-20(25)9-5-19)16-22(26-29)18-6-10-21(31-2)11-7-18/h4-11,23H,3,12-17H2,1-2H3/t23-/m0/s1. The fourth-order valence-electron chi connectivity index (χ4n) is 4.17. The minimum absolute atomic E-state index is 0.0252. The molecule has 2 aromatic carbocycles. The van der Waals surface area contributed by atoms with Crippen molar-refractivity contribution in [2.45, 2.75) is 19.4 Å². The normalized spacial score (nSPS) is 20.0. The number of rotatable bonds is 6. The number of ether oxygens (including phenoxy) is 1. The number of carbonyl (C=O) groups excluding carboxylic acids is 1. The molecule has 1 saturated heterocycles. The molecule has 0 spiro atoms. The Morgan fingerprint density at radius 3 is 2.29 bits per heavy atom. The van der Waals surface area contributed by atoms with Gasteiger partial charge in [0.2, 0.25) is 0 Å². The number of amides is 1. The van der Waals surface area contributed by atoms with Crippen LogP contribution in [0.25, 0.3) is 0 Å². The molecule has 0 aliphatic carbocycles. The monoisotopic (exact) mass is 424 g/mol. The third-order valence-corrected chi connectivity index (χ3v) is 6.11. The van der Waals surface area contributed by atoms with Crippen molar-refractivity contribution in [1.29, 1.82) is 0 Å². The first-order chi connectivity index (χ1) is 15.1. The second-order valence-corrected chi connectivity index (χ2v) is 8.00. The second-order valence-electron chi connectivity index (χ2n) is 8.00. The Hall–Kier alpha value is -2.77. The first-order valence-electron chi connectivity index (χ1n) is 10.8. The Balaban J connectivity index is 1.54. The van der Waals surface area contributed by atoms with Crippen LogP contribution in [0.3, 0.4) is 0 Å². The van der Waals surface area contributed by atoms with Crippen molar-refractivity contribution in [3.8, 4) is 5.75 Å². The zero-order valence-corrected chi connectivity index (χ0v) is 18.1. The van der Waals surface area contributed by atoms with Gasteiger partial charge in [0.15, 0.2) is 0 Å². The molecule has 6 nitrogen and oxygen atoms in total. The van der Waals surface area contributed by atoms with Crippen LogP contribution in [0.4, 0.5) is 4.39 Å². The highest BCUT2D eigenvalue weighted by molar-refractivity contribution is 6.03. The molecule has 0 aromatic heterocycles. The maximum atomic E-state index is 13.5. The van der Waals surface area contributed by atoms with E-state index >= 15 is 0 Å². The number of hydrogen-bond acceptors (Lipinski definition) is 5. The molecule has 0 saturated carbocycles. The van der Waals surface area contributed by atoms with Crippen molar-refractivity contribution in [2.24, 2.45) is 5.10 Å². The molecule has 2 aromatic rings. The minimum Gasteiger partial charge on any atom is -0.497 e. The van der Waals surface area contributed by atoms with Crippen LogP contribution in [0, 0.1) is 5.82 Å². The van der Waals surface area contributed by atoms with Crippen LogP contribution in [0.5, 0.6) is 5.75 Å². The Morgan fingerprint density at radius 1 is 1.03 bits per heavy atom. The van der Waals surface area contributed by atoms with Crippen LogP contribution in [0.2, 0.25) is 0 Å². The summed E-state index contributed by atoms with van der Waals surface area (Å²) in [6.07, 6.45) is 0.591. The number of methoxy groups -OCH3 is 1. The summed E-state index contributed by atoms with van der Waals surface area (Å²) in [5, 5.41) is 6.32. The molecule has 2 aliphatic rings. The SMILES string of the molecule is CCN1CCN(CC(=O)N2N=C(c3ccc(OC)cc3)C[C@H]2c2ccc(F)cc2)CC1. The molecule has 31 heavy (non-hydrogen) atoms. The number of likely N-dealkylation sites (N-methyl/N-ethyl adjacent to an activating group) is 1. The fraction of sp³-hybridized carbons (Fsp3) is 0.417. The smallest absolute Gasteiger partial charge is 0.257 e. The molecule has 2 aliphatic heterocycles. The van der Waals surface area contributed by atoms with Crippen LogP contribution >= 0.6 is 0 Å². The molecule has 0 N–H and O–H groups in total. The van der Waals surface area contributed by atoms with E-state index in [1.54, 1.807) is 24.3 Å². The Labute approximate surface area is 182 Å². The van der Waals surface area contributed by atoms with Gasteiger partial charge < -0.3 is 9.64 Å². The lowest BCUT2D eigenvalue weighted by molar-refractivity contribution is -0.134. The highest BCUT2D eigenvalue weighted by Crippen LogP contribution is 2.33. The van der Waals surface area contributed by atoms with Crippen LogP contribution in [0.15, 0.2) is 53.6 Å². The quantitative estimate of drug-likeness (QED) is 0.715. The first-order valence-corrected chi connectivity index (χ1v) is 10.8. The van der Waals surface area contributed by atoms with E-state index in [0.29, 0.717) is 13.0 Å². The average Bonchev–Trinajstić information content (AvgIpc) is 3.26. The van der Waals surface area contributed by atoms with Gasteiger partial charge in [0.05, 0.1) is 25.4 Å². The number of nitrogens with zero attached hydrogens (tertiary/aromatic N) is 4. The maximum absolute atomic E-state index is 13.5. The highest BCUT2D eigenvalue weighted by Gasteiger charge is 2.34. The number of piperazine rings is 1. The molecule has 7 heteroatoms. The van der Waals surface area contributed by atoms with Gasteiger partial charge in [-0.3, -0.25) is 9.69 Å². The van der Waals surface area contributed by atoms with Crippen LogP contribution in [-0.2, 0) is 4.79 Å². The number of halogens is 1. The van der Waals surface area contributed by atoms with E-state index < -0.39 is 0 Å². The lowest BCUT2D eigenvalue weighted by Crippen LogP contribution is -2.49. The van der Waals surface area contributed by atoms with Gasteiger partial charge in [-0.05, 0) is 54.1 Å². The molecule has 164 valence electrons. The molecule has 0 unspecified atom stereocenters. The van der Waals surface area contributed by atoms with E-state index in [4.69, 9.17) is 9.84 Å². The zero-order chi connectivity index (χ0) is 21.8. The van der Waals surface area contributed by atoms with Crippen LogP contribution in [-0.4, -0.2) is 72.8 Å². The summed E-state index contributed by atoms with van der Waals surface area (Å²) < 4.78 is 18.7. The van der Waals surface area contributed by atoms with E-state index in [0.717, 1.165) is 55.3 Å². The topological polar surface area (TPSA) is 48.4 Å². The molecule has 0 radical (unpaired) electrons. The van der Waals surface area contributed by atoms with Crippen molar-refractivity contribution in [3.05, 3.63) is 65.5 Å². The van der Waals surface area contributed by atoms with Gasteiger partial charge in [0.25, 0.3) is 5.91 Å². The van der Waals surface area contributed by atoms with Crippen molar-refractivity contribution >= 4 is 11.6 Å². The van der Waals surface area contributed by atoms with Gasteiger partial charge in [0.1, 0.15) is 11.6 Å². The average molecular weight is 425 g/mol. The molecule has 1 fully saturated rings. The minimum atomic E-state index is -0.287. The second kappa shape index (κ2) is 9.58. The largest absolute Gasteiger partial charge is 0.497 e. The summed E-state index contributed by atoms with van der Waals surface area (Å²) in [7, 11) is 1.63. The maximum Gasteiger partial charge on any atom is 0.257 e. The van der Waals surface area contributed by atoms with Gasteiger partial charge in [-0.1, -0.05) is 19.1 Å². The van der Waals surface area contributed by atoms with Crippen molar-refractivity contribution in [2.75, 3.05) is 46.4 Å². The Bertz CT molecular complexity index is 922. The molecule has 4 rings (SSSR count). The summed E-state index contributed by atoms with van der Waals surface area (Å²) in [4.78, 5) is 17.8. The van der Waals surface area contributed by atoms with E-state index in [9.17, 15) is 9.18 Å². The van der Waals surface area contributed by atoms with Gasteiger partial charge in [-0.2, -0.15) is 5.10 Å². The van der Waals surface area contributed by atoms with E-state index in [-0.39, 0.29) is 17.8 Å². The summed E-state index contributed by atoms with van der Waals surface area (Å²) in [6.45, 7) is 7.25.